The van der Waals surface area contributed by atoms with Crippen molar-refractivity contribution in [1.82, 2.24) is 5.32 Å². The highest BCUT2D eigenvalue weighted by atomic mass is 16.2. The number of nitrogens with zero attached hydrogens (tertiary/aromatic N) is 1. The highest BCUT2D eigenvalue weighted by molar-refractivity contribution is 5.98. The van der Waals surface area contributed by atoms with Crippen molar-refractivity contribution in [3.05, 3.63) is 29.8 Å². The molecule has 2 rings (SSSR count). The smallest absolute Gasteiger partial charge is 0.240 e. The minimum Gasteiger partial charge on any atom is -0.352 e. The number of anilines is 1. The molecule has 1 aromatic rings. The number of para-hydroxylation sites is 1. The second kappa shape index (κ2) is 7.97. The van der Waals surface area contributed by atoms with Gasteiger partial charge in [-0.2, -0.15) is 0 Å². The molecular weight excluding hydrogens is 276 g/mol. The van der Waals surface area contributed by atoms with Crippen LogP contribution in [0.5, 0.6) is 0 Å². The quantitative estimate of drug-likeness (QED) is 0.868. The molecule has 1 aromatic carbocycles. The molecule has 1 saturated carbocycles. The van der Waals surface area contributed by atoms with E-state index in [2.05, 4.69) is 5.32 Å². The van der Waals surface area contributed by atoms with E-state index in [0.29, 0.717) is 0 Å². The van der Waals surface area contributed by atoms with E-state index >= 15 is 0 Å². The zero-order chi connectivity index (χ0) is 15.9. The summed E-state index contributed by atoms with van der Waals surface area (Å²) in [7, 11) is 0. The minimum absolute atomic E-state index is 0.0645. The molecule has 0 bridgehead atoms. The van der Waals surface area contributed by atoms with Gasteiger partial charge in [0.15, 0.2) is 0 Å². The van der Waals surface area contributed by atoms with Gasteiger partial charge in [-0.05, 0) is 31.4 Å². The van der Waals surface area contributed by atoms with Gasteiger partial charge in [0.05, 0.1) is 0 Å². The van der Waals surface area contributed by atoms with Crippen LogP contribution in [-0.2, 0) is 9.59 Å². The second-order valence-corrected chi connectivity index (χ2v) is 6.15. The van der Waals surface area contributed by atoms with Gasteiger partial charge in [-0.15, -0.1) is 0 Å². The molecule has 0 atom stereocenters. The largest absolute Gasteiger partial charge is 0.352 e. The lowest BCUT2D eigenvalue weighted by Gasteiger charge is -2.24. The molecule has 0 unspecified atom stereocenters. The maximum absolute atomic E-state index is 12.3. The van der Waals surface area contributed by atoms with E-state index in [1.807, 2.05) is 31.2 Å². The zero-order valence-corrected chi connectivity index (χ0v) is 13.6. The Morgan fingerprint density at radius 3 is 2.36 bits per heavy atom. The van der Waals surface area contributed by atoms with Crippen LogP contribution >= 0.6 is 0 Å². The Bertz CT molecular complexity index is 520. The number of carbonyl (C=O) groups excluding carboxylic acids is 2. The summed E-state index contributed by atoms with van der Waals surface area (Å²) in [5.41, 5.74) is 1.81. The van der Waals surface area contributed by atoms with E-state index in [1.165, 1.54) is 32.6 Å². The number of nitrogens with one attached hydrogen (secondary N) is 1. The van der Waals surface area contributed by atoms with Crippen molar-refractivity contribution in [2.75, 3.05) is 11.4 Å². The van der Waals surface area contributed by atoms with Crippen LogP contribution in [0.2, 0.25) is 0 Å². The van der Waals surface area contributed by atoms with Gasteiger partial charge in [-0.3, -0.25) is 9.59 Å². The maximum atomic E-state index is 12.3. The second-order valence-electron chi connectivity index (χ2n) is 6.15. The van der Waals surface area contributed by atoms with Crippen molar-refractivity contribution in [3.63, 3.8) is 0 Å². The van der Waals surface area contributed by atoms with E-state index in [0.717, 1.165) is 24.1 Å². The van der Waals surface area contributed by atoms with Gasteiger partial charge in [-0.1, -0.05) is 43.9 Å². The molecule has 2 amide bonds. The molecule has 120 valence electrons. The fraction of sp³-hybridized carbons (Fsp3) is 0.556. The predicted molar refractivity (Wildman–Crippen MR) is 88.8 cm³/mol. The summed E-state index contributed by atoms with van der Waals surface area (Å²) in [5.74, 6) is -0.171. The average Bonchev–Trinajstić information content (AvgIpc) is 2.74. The first-order valence-corrected chi connectivity index (χ1v) is 8.21. The lowest BCUT2D eigenvalue weighted by Crippen LogP contribution is -2.43. The molecule has 0 heterocycles. The lowest BCUT2D eigenvalue weighted by molar-refractivity contribution is -0.123. The van der Waals surface area contributed by atoms with Crippen LogP contribution in [0.25, 0.3) is 0 Å². The first-order valence-electron chi connectivity index (χ1n) is 8.21. The predicted octanol–water partition coefficient (Wildman–Crippen LogP) is 3.19. The zero-order valence-electron chi connectivity index (χ0n) is 13.6. The fourth-order valence-electron chi connectivity index (χ4n) is 3.07. The Morgan fingerprint density at radius 1 is 1.14 bits per heavy atom. The van der Waals surface area contributed by atoms with Crippen LogP contribution in [0.1, 0.15) is 51.0 Å². The molecular formula is C18H26N2O2. The monoisotopic (exact) mass is 302 g/mol. The molecule has 0 saturated heterocycles. The van der Waals surface area contributed by atoms with Gasteiger partial charge < -0.3 is 10.2 Å². The highest BCUT2D eigenvalue weighted by Gasteiger charge is 2.20. The third-order valence-corrected chi connectivity index (χ3v) is 4.31. The van der Waals surface area contributed by atoms with Crippen molar-refractivity contribution in [2.24, 2.45) is 0 Å². The van der Waals surface area contributed by atoms with Gasteiger partial charge >= 0.3 is 0 Å². The van der Waals surface area contributed by atoms with E-state index in [1.54, 1.807) is 4.90 Å². The molecule has 0 spiro atoms. The van der Waals surface area contributed by atoms with E-state index in [4.69, 9.17) is 0 Å². The Kier molecular flexibility index (Phi) is 5.99. The minimum atomic E-state index is -0.106. The van der Waals surface area contributed by atoms with Gasteiger partial charge in [0.25, 0.3) is 0 Å². The Morgan fingerprint density at radius 2 is 1.77 bits per heavy atom. The first kappa shape index (κ1) is 16.5. The number of hydrogen-bond donors (Lipinski definition) is 1. The van der Waals surface area contributed by atoms with Gasteiger partial charge in [-0.25, -0.2) is 0 Å². The third kappa shape index (κ3) is 4.58. The molecule has 4 heteroatoms. The van der Waals surface area contributed by atoms with Crippen molar-refractivity contribution in [3.8, 4) is 0 Å². The van der Waals surface area contributed by atoms with Gasteiger partial charge in [0, 0.05) is 18.7 Å². The Hall–Kier alpha value is -1.84. The van der Waals surface area contributed by atoms with Gasteiger partial charge in [0.2, 0.25) is 11.8 Å². The summed E-state index contributed by atoms with van der Waals surface area (Å²) in [6.07, 6.45) is 6.98. The third-order valence-electron chi connectivity index (χ3n) is 4.31. The van der Waals surface area contributed by atoms with Crippen LogP contribution in [0.3, 0.4) is 0 Å². The number of aryl methyl sites for hydroxylation is 1. The van der Waals surface area contributed by atoms with Crippen LogP contribution in [0.4, 0.5) is 5.69 Å². The van der Waals surface area contributed by atoms with Crippen LogP contribution in [0, 0.1) is 6.92 Å². The summed E-state index contributed by atoms with van der Waals surface area (Å²) in [4.78, 5) is 25.8. The number of carbonyl (C=O) groups is 2. The molecule has 0 aromatic heterocycles. The van der Waals surface area contributed by atoms with Crippen molar-refractivity contribution >= 4 is 17.5 Å². The topological polar surface area (TPSA) is 49.4 Å². The van der Waals surface area contributed by atoms with E-state index < -0.39 is 0 Å². The van der Waals surface area contributed by atoms with Crippen molar-refractivity contribution in [2.45, 2.75) is 58.4 Å². The standard InChI is InChI=1S/C18H26N2O2/c1-14-9-7-8-12-17(14)20(15(2)21)13-18(22)19-16-10-5-3-4-6-11-16/h7-9,12,16H,3-6,10-11,13H2,1-2H3,(H,19,22). The fourth-order valence-corrected chi connectivity index (χ4v) is 3.07. The van der Waals surface area contributed by atoms with Crippen molar-refractivity contribution < 1.29 is 9.59 Å². The van der Waals surface area contributed by atoms with Gasteiger partial charge in [0.1, 0.15) is 6.54 Å². The molecule has 1 aliphatic rings. The average molecular weight is 302 g/mol. The summed E-state index contributed by atoms with van der Waals surface area (Å²) in [5, 5.41) is 3.10. The van der Waals surface area contributed by atoms with E-state index in [-0.39, 0.29) is 24.4 Å². The summed E-state index contributed by atoms with van der Waals surface area (Å²) in [6.45, 7) is 3.55. The Balaban J connectivity index is 2.00. The molecule has 0 radical (unpaired) electrons. The summed E-state index contributed by atoms with van der Waals surface area (Å²) < 4.78 is 0. The maximum Gasteiger partial charge on any atom is 0.240 e. The molecule has 4 nitrogen and oxygen atoms in total. The van der Waals surface area contributed by atoms with Crippen molar-refractivity contribution in [1.29, 1.82) is 0 Å². The number of amides is 2. The summed E-state index contributed by atoms with van der Waals surface area (Å²) in [6, 6.07) is 7.93. The SMILES string of the molecule is CC(=O)N(CC(=O)NC1CCCCCC1)c1ccccc1C. The lowest BCUT2D eigenvalue weighted by atomic mass is 10.1. The molecule has 0 aliphatic heterocycles. The van der Waals surface area contributed by atoms with E-state index in [9.17, 15) is 9.59 Å². The number of rotatable bonds is 4. The molecule has 1 aliphatic carbocycles. The first-order chi connectivity index (χ1) is 10.6. The highest BCUT2D eigenvalue weighted by Crippen LogP contribution is 2.20. The van der Waals surface area contributed by atoms with Crippen LogP contribution in [-0.4, -0.2) is 24.4 Å². The number of benzene rings is 1. The van der Waals surface area contributed by atoms with Crippen LogP contribution in [0.15, 0.2) is 24.3 Å². The number of hydrogen-bond acceptors (Lipinski definition) is 2. The Labute approximate surface area is 132 Å². The molecule has 1 fully saturated rings. The summed E-state index contributed by atoms with van der Waals surface area (Å²) >= 11 is 0. The normalized spacial score (nSPS) is 15.9. The molecule has 1 N–H and O–H groups in total. The molecule has 22 heavy (non-hydrogen) atoms. The van der Waals surface area contributed by atoms with Crippen LogP contribution < -0.4 is 10.2 Å².